The van der Waals surface area contributed by atoms with Crippen molar-refractivity contribution >= 4 is 23.3 Å². The number of rotatable bonds is 6. The van der Waals surface area contributed by atoms with Crippen LogP contribution < -0.4 is 10.6 Å². The molecule has 2 amide bonds. The molecule has 0 fully saturated rings. The number of aliphatic hydroxyl groups is 1. The standard InChI is InChI=1S/C10H14N2O4S/c13-6-8(9(14)15)12-10(16)11-4-3-7-2-1-5-17-7/h1-2,5,8,13H,3-4,6H2,(H,14,15)(H2,11,12,16)/t8-/m0/s1. The molecule has 94 valence electrons. The first-order chi connectivity index (χ1) is 8.13. The van der Waals surface area contributed by atoms with E-state index in [1.807, 2.05) is 17.5 Å². The van der Waals surface area contributed by atoms with Crippen LogP contribution in [0.3, 0.4) is 0 Å². The van der Waals surface area contributed by atoms with Gasteiger partial charge in [-0.25, -0.2) is 9.59 Å². The van der Waals surface area contributed by atoms with E-state index in [9.17, 15) is 9.59 Å². The van der Waals surface area contributed by atoms with Crippen molar-refractivity contribution in [3.05, 3.63) is 22.4 Å². The molecule has 7 heteroatoms. The summed E-state index contributed by atoms with van der Waals surface area (Å²) in [5, 5.41) is 23.9. The predicted octanol–water partition coefficient (Wildman–Crippen LogP) is 0.0353. The zero-order valence-corrected chi connectivity index (χ0v) is 9.87. The van der Waals surface area contributed by atoms with Crippen LogP contribution in [0.2, 0.25) is 0 Å². The molecule has 17 heavy (non-hydrogen) atoms. The molecule has 0 aliphatic heterocycles. The molecule has 0 spiro atoms. The summed E-state index contributed by atoms with van der Waals surface area (Å²) in [6.07, 6.45) is 0.696. The fourth-order valence-electron chi connectivity index (χ4n) is 1.15. The smallest absolute Gasteiger partial charge is 0.328 e. The largest absolute Gasteiger partial charge is 0.480 e. The molecule has 0 aliphatic rings. The van der Waals surface area contributed by atoms with Gasteiger partial charge in [0.25, 0.3) is 0 Å². The third kappa shape index (κ3) is 4.83. The number of amides is 2. The molecule has 0 unspecified atom stereocenters. The van der Waals surface area contributed by atoms with Crippen LogP contribution in [-0.4, -0.2) is 41.4 Å². The Morgan fingerprint density at radius 3 is 2.76 bits per heavy atom. The van der Waals surface area contributed by atoms with Crippen molar-refractivity contribution < 1.29 is 19.8 Å². The Hall–Kier alpha value is -1.60. The van der Waals surface area contributed by atoms with E-state index in [4.69, 9.17) is 10.2 Å². The first kappa shape index (κ1) is 13.5. The monoisotopic (exact) mass is 258 g/mol. The molecule has 6 nitrogen and oxygen atoms in total. The molecule has 1 rings (SSSR count). The van der Waals surface area contributed by atoms with Gasteiger partial charge in [0, 0.05) is 11.4 Å². The summed E-state index contributed by atoms with van der Waals surface area (Å²) < 4.78 is 0. The highest BCUT2D eigenvalue weighted by Gasteiger charge is 2.17. The van der Waals surface area contributed by atoms with Gasteiger partial charge in [0.15, 0.2) is 6.04 Å². The Morgan fingerprint density at radius 1 is 1.47 bits per heavy atom. The van der Waals surface area contributed by atoms with Crippen LogP contribution in [-0.2, 0) is 11.2 Å². The second-order valence-electron chi connectivity index (χ2n) is 3.30. The van der Waals surface area contributed by atoms with Crippen molar-refractivity contribution in [1.82, 2.24) is 10.6 Å². The van der Waals surface area contributed by atoms with E-state index in [2.05, 4.69) is 10.6 Å². The van der Waals surface area contributed by atoms with Gasteiger partial charge in [-0.15, -0.1) is 11.3 Å². The maximum Gasteiger partial charge on any atom is 0.328 e. The van der Waals surface area contributed by atoms with Crippen LogP contribution in [0.15, 0.2) is 17.5 Å². The number of carboxylic acids is 1. The summed E-state index contributed by atoms with van der Waals surface area (Å²) in [6.45, 7) is -0.211. The lowest BCUT2D eigenvalue weighted by molar-refractivity contribution is -0.140. The van der Waals surface area contributed by atoms with Crippen molar-refractivity contribution in [2.45, 2.75) is 12.5 Å². The third-order valence-electron chi connectivity index (χ3n) is 2.02. The first-order valence-electron chi connectivity index (χ1n) is 5.04. The van der Waals surface area contributed by atoms with Gasteiger partial charge in [0.05, 0.1) is 6.61 Å². The van der Waals surface area contributed by atoms with Gasteiger partial charge in [-0.05, 0) is 17.9 Å². The molecule has 0 saturated carbocycles. The number of carbonyl (C=O) groups excluding carboxylic acids is 1. The molecule has 1 aromatic heterocycles. The minimum absolute atomic E-state index is 0.421. The second kappa shape index (κ2) is 6.87. The van der Waals surface area contributed by atoms with E-state index in [1.54, 1.807) is 11.3 Å². The van der Waals surface area contributed by atoms with E-state index in [0.717, 1.165) is 4.88 Å². The number of carbonyl (C=O) groups is 2. The van der Waals surface area contributed by atoms with Gasteiger partial charge in [0.1, 0.15) is 0 Å². The van der Waals surface area contributed by atoms with E-state index >= 15 is 0 Å². The number of aliphatic hydroxyl groups excluding tert-OH is 1. The highest BCUT2D eigenvalue weighted by Crippen LogP contribution is 2.07. The molecule has 0 aliphatic carbocycles. The number of aliphatic carboxylic acids is 1. The second-order valence-corrected chi connectivity index (χ2v) is 4.34. The van der Waals surface area contributed by atoms with Crippen LogP contribution in [0.1, 0.15) is 4.88 Å². The van der Waals surface area contributed by atoms with Crippen LogP contribution in [0.5, 0.6) is 0 Å². The summed E-state index contributed by atoms with van der Waals surface area (Å²) in [6, 6.07) is 2.02. The molecule has 1 heterocycles. The zero-order valence-electron chi connectivity index (χ0n) is 9.05. The molecule has 0 aromatic carbocycles. The first-order valence-corrected chi connectivity index (χ1v) is 5.92. The Bertz CT molecular complexity index is 366. The zero-order chi connectivity index (χ0) is 12.7. The quantitative estimate of drug-likeness (QED) is 0.579. The minimum Gasteiger partial charge on any atom is -0.480 e. The summed E-state index contributed by atoms with van der Waals surface area (Å²) >= 11 is 1.59. The van der Waals surface area contributed by atoms with Crippen LogP contribution in [0.4, 0.5) is 4.79 Å². The van der Waals surface area contributed by atoms with Crippen molar-refractivity contribution in [3.63, 3.8) is 0 Å². The van der Waals surface area contributed by atoms with Gasteiger partial charge in [-0.3, -0.25) is 0 Å². The number of thiophene rings is 1. The number of hydrogen-bond acceptors (Lipinski definition) is 4. The van der Waals surface area contributed by atoms with E-state index < -0.39 is 24.6 Å². The van der Waals surface area contributed by atoms with E-state index in [-0.39, 0.29) is 0 Å². The van der Waals surface area contributed by atoms with Crippen molar-refractivity contribution in [3.8, 4) is 0 Å². The molecule has 0 saturated heterocycles. The van der Waals surface area contributed by atoms with Gasteiger partial charge < -0.3 is 20.8 Å². The summed E-state index contributed by atoms with van der Waals surface area (Å²) in [4.78, 5) is 22.9. The number of hydrogen-bond donors (Lipinski definition) is 4. The Labute approximate surface area is 102 Å². The normalized spacial score (nSPS) is 11.8. The van der Waals surface area contributed by atoms with Crippen LogP contribution in [0.25, 0.3) is 0 Å². The lowest BCUT2D eigenvalue weighted by atomic mass is 10.3. The lowest BCUT2D eigenvalue weighted by Gasteiger charge is -2.12. The highest BCUT2D eigenvalue weighted by molar-refractivity contribution is 7.09. The van der Waals surface area contributed by atoms with Gasteiger partial charge >= 0.3 is 12.0 Å². The Kier molecular flexibility index (Phi) is 5.44. The highest BCUT2D eigenvalue weighted by atomic mass is 32.1. The molecule has 0 radical (unpaired) electrons. The molecular formula is C10H14N2O4S. The topological polar surface area (TPSA) is 98.7 Å². The summed E-state index contributed by atoms with van der Waals surface area (Å²) in [7, 11) is 0. The van der Waals surface area contributed by atoms with Gasteiger partial charge in [-0.1, -0.05) is 6.07 Å². The molecule has 1 atom stereocenters. The summed E-state index contributed by atoms with van der Waals surface area (Å²) in [5.41, 5.74) is 0. The predicted molar refractivity (Wildman–Crippen MR) is 63.1 cm³/mol. The fraction of sp³-hybridized carbons (Fsp3) is 0.400. The van der Waals surface area contributed by atoms with Crippen LogP contribution >= 0.6 is 11.3 Å². The number of carboxylic acid groups (broad SMARTS) is 1. The van der Waals surface area contributed by atoms with E-state index in [0.29, 0.717) is 13.0 Å². The molecule has 4 N–H and O–H groups in total. The SMILES string of the molecule is O=C(NCCc1cccs1)N[C@@H](CO)C(=O)O. The Balaban J connectivity index is 2.23. The molecule has 1 aromatic rings. The van der Waals surface area contributed by atoms with Gasteiger partial charge in [-0.2, -0.15) is 0 Å². The average Bonchev–Trinajstić information content (AvgIpc) is 2.78. The summed E-state index contributed by atoms with van der Waals surface area (Å²) in [5.74, 6) is -1.26. The van der Waals surface area contributed by atoms with Crippen molar-refractivity contribution in [1.29, 1.82) is 0 Å². The maximum absolute atomic E-state index is 11.3. The molecule has 0 bridgehead atoms. The van der Waals surface area contributed by atoms with Crippen LogP contribution in [0, 0.1) is 0 Å². The Morgan fingerprint density at radius 2 is 2.24 bits per heavy atom. The minimum atomic E-state index is -1.27. The fourth-order valence-corrected chi connectivity index (χ4v) is 1.86. The third-order valence-corrected chi connectivity index (χ3v) is 2.96. The number of urea groups is 1. The average molecular weight is 258 g/mol. The number of nitrogens with one attached hydrogen (secondary N) is 2. The van der Waals surface area contributed by atoms with Gasteiger partial charge in [0.2, 0.25) is 0 Å². The van der Waals surface area contributed by atoms with Crippen molar-refractivity contribution in [2.24, 2.45) is 0 Å². The van der Waals surface area contributed by atoms with E-state index in [1.165, 1.54) is 0 Å². The molecular weight excluding hydrogens is 244 g/mol. The van der Waals surface area contributed by atoms with Crippen molar-refractivity contribution in [2.75, 3.05) is 13.2 Å². The maximum atomic E-state index is 11.3. The lowest BCUT2D eigenvalue weighted by Crippen LogP contribution is -2.48.